The van der Waals surface area contributed by atoms with E-state index in [1.807, 2.05) is 0 Å². The molecule has 90 valence electrons. The predicted molar refractivity (Wildman–Crippen MR) is 70.3 cm³/mol. The van der Waals surface area contributed by atoms with Gasteiger partial charge in [0, 0.05) is 12.6 Å². The van der Waals surface area contributed by atoms with Gasteiger partial charge in [-0.3, -0.25) is 0 Å². The number of aryl methyl sites for hydroxylation is 1. The molecule has 0 radical (unpaired) electrons. The summed E-state index contributed by atoms with van der Waals surface area (Å²) >= 11 is 0. The Hall–Kier alpha value is -1.28. The van der Waals surface area contributed by atoms with E-state index in [0.29, 0.717) is 0 Å². The second kappa shape index (κ2) is 4.53. The van der Waals surface area contributed by atoms with E-state index in [4.69, 9.17) is 4.74 Å². The molecule has 2 heteroatoms. The van der Waals surface area contributed by atoms with Crippen molar-refractivity contribution in [1.29, 1.82) is 0 Å². The molecule has 1 N–H and O–H groups in total. The Labute approximate surface area is 103 Å². The van der Waals surface area contributed by atoms with Gasteiger partial charge in [0.2, 0.25) is 0 Å². The summed E-state index contributed by atoms with van der Waals surface area (Å²) < 4.78 is 5.30. The number of ether oxygens (including phenoxy) is 1. The standard InChI is InChI=1S/C15H19NO/c1-17-14-7-4-11-2-3-12(15(11)10-14)8-9-16-13-5-6-13/h4,7-8,10,13,16H,2-3,5-6,9H2,1H3/b12-8+. The second-order valence-electron chi connectivity index (χ2n) is 4.93. The summed E-state index contributed by atoms with van der Waals surface area (Å²) in [5.74, 6) is 0.965. The van der Waals surface area contributed by atoms with Crippen LogP contribution >= 0.6 is 0 Å². The van der Waals surface area contributed by atoms with Crippen LogP contribution in [0.15, 0.2) is 24.3 Å². The van der Waals surface area contributed by atoms with Gasteiger partial charge in [0.05, 0.1) is 7.11 Å². The van der Waals surface area contributed by atoms with E-state index >= 15 is 0 Å². The van der Waals surface area contributed by atoms with Crippen LogP contribution in [0.25, 0.3) is 5.57 Å². The molecular formula is C15H19NO. The molecule has 0 spiro atoms. The Morgan fingerprint density at radius 2 is 2.24 bits per heavy atom. The van der Waals surface area contributed by atoms with Gasteiger partial charge in [0.25, 0.3) is 0 Å². The lowest BCUT2D eigenvalue weighted by molar-refractivity contribution is 0.414. The lowest BCUT2D eigenvalue weighted by Gasteiger charge is -2.05. The maximum Gasteiger partial charge on any atom is 0.119 e. The van der Waals surface area contributed by atoms with Gasteiger partial charge in [-0.05, 0) is 54.5 Å². The van der Waals surface area contributed by atoms with Crippen molar-refractivity contribution in [3.8, 4) is 5.75 Å². The number of nitrogens with one attached hydrogen (secondary N) is 1. The Morgan fingerprint density at radius 3 is 3.00 bits per heavy atom. The first kappa shape index (κ1) is 10.8. The molecule has 1 fully saturated rings. The Kier molecular flexibility index (Phi) is 2.89. The zero-order chi connectivity index (χ0) is 11.7. The number of allylic oxidation sites excluding steroid dienone is 1. The molecule has 0 bridgehead atoms. The first-order valence-corrected chi connectivity index (χ1v) is 6.46. The molecule has 0 heterocycles. The number of rotatable bonds is 4. The summed E-state index contributed by atoms with van der Waals surface area (Å²) in [6.07, 6.45) is 7.41. The SMILES string of the molecule is COc1ccc2c(c1)/C(=C/CNC1CC1)CC2. The summed E-state index contributed by atoms with van der Waals surface area (Å²) in [6, 6.07) is 7.22. The average Bonchev–Trinajstić information content (AvgIpc) is 3.10. The molecule has 0 aromatic heterocycles. The smallest absolute Gasteiger partial charge is 0.119 e. The van der Waals surface area contributed by atoms with E-state index in [2.05, 4.69) is 29.6 Å². The molecule has 0 unspecified atom stereocenters. The maximum atomic E-state index is 5.30. The van der Waals surface area contributed by atoms with Crippen molar-refractivity contribution >= 4 is 5.57 Å². The number of fused-ring (bicyclic) bond motifs is 1. The van der Waals surface area contributed by atoms with Crippen LogP contribution in [0.3, 0.4) is 0 Å². The van der Waals surface area contributed by atoms with Crippen LogP contribution in [-0.2, 0) is 6.42 Å². The Balaban J connectivity index is 1.75. The van der Waals surface area contributed by atoms with Crippen LogP contribution in [0.2, 0.25) is 0 Å². The maximum absolute atomic E-state index is 5.30. The summed E-state index contributed by atoms with van der Waals surface area (Å²) in [5, 5.41) is 3.54. The first-order valence-electron chi connectivity index (χ1n) is 6.46. The van der Waals surface area contributed by atoms with Crippen LogP contribution in [0, 0.1) is 0 Å². The molecule has 1 aromatic rings. The van der Waals surface area contributed by atoms with E-state index in [9.17, 15) is 0 Å². The Bertz CT molecular complexity index is 446. The van der Waals surface area contributed by atoms with Gasteiger partial charge in [-0.15, -0.1) is 0 Å². The van der Waals surface area contributed by atoms with Gasteiger partial charge in [0.1, 0.15) is 5.75 Å². The minimum atomic E-state index is 0.790. The number of hydrogen-bond acceptors (Lipinski definition) is 2. The summed E-state index contributed by atoms with van der Waals surface area (Å²) in [5.41, 5.74) is 4.33. The van der Waals surface area contributed by atoms with E-state index < -0.39 is 0 Å². The van der Waals surface area contributed by atoms with Crippen LogP contribution in [0.5, 0.6) is 5.75 Å². The van der Waals surface area contributed by atoms with Gasteiger partial charge in [-0.25, -0.2) is 0 Å². The van der Waals surface area contributed by atoms with Crippen LogP contribution in [0.4, 0.5) is 0 Å². The third-order valence-corrected chi connectivity index (χ3v) is 3.66. The van der Waals surface area contributed by atoms with Crippen molar-refractivity contribution in [3.63, 3.8) is 0 Å². The van der Waals surface area contributed by atoms with E-state index in [1.165, 1.54) is 42.4 Å². The topological polar surface area (TPSA) is 21.3 Å². The van der Waals surface area contributed by atoms with Crippen LogP contribution in [-0.4, -0.2) is 19.7 Å². The fraction of sp³-hybridized carbons (Fsp3) is 0.467. The van der Waals surface area contributed by atoms with E-state index in [0.717, 1.165) is 18.3 Å². The normalized spacial score (nSPS) is 20.6. The monoisotopic (exact) mass is 229 g/mol. The molecule has 2 aliphatic carbocycles. The molecule has 0 atom stereocenters. The highest BCUT2D eigenvalue weighted by Gasteiger charge is 2.20. The van der Waals surface area contributed by atoms with Crippen molar-refractivity contribution < 1.29 is 4.74 Å². The van der Waals surface area contributed by atoms with Crippen LogP contribution < -0.4 is 10.1 Å². The van der Waals surface area contributed by atoms with Gasteiger partial charge in [-0.1, -0.05) is 12.1 Å². The molecule has 0 amide bonds. The highest BCUT2D eigenvalue weighted by molar-refractivity contribution is 5.73. The van der Waals surface area contributed by atoms with Crippen LogP contribution in [0.1, 0.15) is 30.4 Å². The number of hydrogen-bond donors (Lipinski definition) is 1. The molecular weight excluding hydrogens is 210 g/mol. The highest BCUT2D eigenvalue weighted by Crippen LogP contribution is 2.34. The number of methoxy groups -OCH3 is 1. The number of benzene rings is 1. The molecule has 0 saturated heterocycles. The van der Waals surface area contributed by atoms with Gasteiger partial charge < -0.3 is 10.1 Å². The molecule has 3 rings (SSSR count). The fourth-order valence-corrected chi connectivity index (χ4v) is 2.45. The Morgan fingerprint density at radius 1 is 1.35 bits per heavy atom. The zero-order valence-electron chi connectivity index (χ0n) is 10.3. The molecule has 0 aliphatic heterocycles. The first-order chi connectivity index (χ1) is 8.36. The largest absolute Gasteiger partial charge is 0.497 e. The average molecular weight is 229 g/mol. The minimum Gasteiger partial charge on any atom is -0.497 e. The third-order valence-electron chi connectivity index (χ3n) is 3.66. The minimum absolute atomic E-state index is 0.790. The van der Waals surface area contributed by atoms with Crippen molar-refractivity contribution in [2.75, 3.05) is 13.7 Å². The third kappa shape index (κ3) is 2.37. The van der Waals surface area contributed by atoms with Crippen molar-refractivity contribution in [1.82, 2.24) is 5.32 Å². The summed E-state index contributed by atoms with van der Waals surface area (Å²) in [4.78, 5) is 0. The lowest BCUT2D eigenvalue weighted by Crippen LogP contribution is -2.15. The quantitative estimate of drug-likeness (QED) is 0.857. The molecule has 2 nitrogen and oxygen atoms in total. The van der Waals surface area contributed by atoms with Gasteiger partial charge in [0.15, 0.2) is 0 Å². The molecule has 17 heavy (non-hydrogen) atoms. The second-order valence-corrected chi connectivity index (χ2v) is 4.93. The molecule has 1 aromatic carbocycles. The lowest BCUT2D eigenvalue weighted by atomic mass is 10.1. The highest BCUT2D eigenvalue weighted by atomic mass is 16.5. The summed E-state index contributed by atoms with van der Waals surface area (Å²) in [6.45, 7) is 1.01. The molecule has 1 saturated carbocycles. The van der Waals surface area contributed by atoms with Crippen molar-refractivity contribution in [3.05, 3.63) is 35.4 Å². The van der Waals surface area contributed by atoms with Crippen molar-refractivity contribution in [2.24, 2.45) is 0 Å². The van der Waals surface area contributed by atoms with Crippen molar-refractivity contribution in [2.45, 2.75) is 31.7 Å². The van der Waals surface area contributed by atoms with E-state index in [-0.39, 0.29) is 0 Å². The fourth-order valence-electron chi connectivity index (χ4n) is 2.45. The van der Waals surface area contributed by atoms with E-state index in [1.54, 1.807) is 7.11 Å². The van der Waals surface area contributed by atoms with Gasteiger partial charge in [-0.2, -0.15) is 0 Å². The summed E-state index contributed by atoms with van der Waals surface area (Å²) in [7, 11) is 1.73. The zero-order valence-corrected chi connectivity index (χ0v) is 10.3. The molecule has 2 aliphatic rings. The predicted octanol–water partition coefficient (Wildman–Crippen LogP) is 2.78. The van der Waals surface area contributed by atoms with Gasteiger partial charge >= 0.3 is 0 Å².